The summed E-state index contributed by atoms with van der Waals surface area (Å²) in [6, 6.07) is 18.8. The van der Waals surface area contributed by atoms with Crippen molar-refractivity contribution in [2.75, 3.05) is 6.54 Å². The molecule has 0 radical (unpaired) electrons. The van der Waals surface area contributed by atoms with Gasteiger partial charge in [0.2, 0.25) is 0 Å². The van der Waals surface area contributed by atoms with E-state index in [2.05, 4.69) is 28.3 Å². The lowest BCUT2D eigenvalue weighted by Crippen LogP contribution is -2.52. The lowest BCUT2D eigenvalue weighted by molar-refractivity contribution is -0.139. The van der Waals surface area contributed by atoms with Crippen LogP contribution in [0.3, 0.4) is 0 Å². The summed E-state index contributed by atoms with van der Waals surface area (Å²) < 4.78 is 0. The fourth-order valence-electron chi connectivity index (χ4n) is 2.21. The normalized spacial score (nSPS) is 11.5. The summed E-state index contributed by atoms with van der Waals surface area (Å²) >= 11 is 5.16. The van der Waals surface area contributed by atoms with Crippen molar-refractivity contribution in [1.29, 1.82) is 0 Å². The molecule has 0 heterocycles. The molecule has 0 aliphatic carbocycles. The van der Waals surface area contributed by atoms with Crippen molar-refractivity contribution in [3.63, 3.8) is 0 Å². The van der Waals surface area contributed by atoms with Gasteiger partial charge in [-0.1, -0.05) is 60.7 Å². The molecule has 0 unspecified atom stereocenters. The number of carbonyl (C=O) groups is 1. The van der Waals surface area contributed by atoms with E-state index in [-0.39, 0.29) is 0 Å². The summed E-state index contributed by atoms with van der Waals surface area (Å²) in [6.45, 7) is 0.675. The van der Waals surface area contributed by atoms with Crippen molar-refractivity contribution in [2.45, 2.75) is 18.9 Å². The molecule has 0 aromatic heterocycles. The Bertz CT molecular complexity index is 650. The molecule has 0 amide bonds. The van der Waals surface area contributed by atoms with Crippen LogP contribution in [-0.2, 0) is 17.6 Å². The van der Waals surface area contributed by atoms with Gasteiger partial charge in [0, 0.05) is 13.0 Å². The molecular formula is C18H21N3O2S. The Kier molecular flexibility index (Phi) is 7.20. The zero-order valence-electron chi connectivity index (χ0n) is 13.2. The average molecular weight is 343 g/mol. The third kappa shape index (κ3) is 6.36. The van der Waals surface area contributed by atoms with Gasteiger partial charge in [0.05, 0.1) is 0 Å². The van der Waals surface area contributed by atoms with E-state index in [1.165, 1.54) is 5.56 Å². The second-order valence-electron chi connectivity index (χ2n) is 5.34. The second-order valence-corrected chi connectivity index (χ2v) is 5.75. The molecule has 2 aromatic carbocycles. The number of hydrazine groups is 1. The highest BCUT2D eigenvalue weighted by molar-refractivity contribution is 7.80. The van der Waals surface area contributed by atoms with Crippen LogP contribution in [0.1, 0.15) is 11.1 Å². The van der Waals surface area contributed by atoms with Crippen LogP contribution in [0.5, 0.6) is 0 Å². The topological polar surface area (TPSA) is 73.4 Å². The van der Waals surface area contributed by atoms with Crippen molar-refractivity contribution in [2.24, 2.45) is 0 Å². The van der Waals surface area contributed by atoms with Crippen molar-refractivity contribution in [3.05, 3.63) is 71.8 Å². The molecule has 0 fully saturated rings. The molecule has 0 spiro atoms. The molecule has 0 bridgehead atoms. The highest BCUT2D eigenvalue weighted by Gasteiger charge is 2.17. The molecule has 0 saturated carbocycles. The van der Waals surface area contributed by atoms with Gasteiger partial charge in [-0.05, 0) is 29.8 Å². The van der Waals surface area contributed by atoms with Crippen LogP contribution in [0.15, 0.2) is 60.7 Å². The Balaban J connectivity index is 1.73. The summed E-state index contributed by atoms with van der Waals surface area (Å²) in [6.07, 6.45) is 1.21. The van der Waals surface area contributed by atoms with Gasteiger partial charge in [-0.25, -0.2) is 5.43 Å². The molecule has 6 heteroatoms. The number of nitrogens with one attached hydrogen (secondary N) is 3. The maximum Gasteiger partial charge on any atom is 0.322 e. The number of benzene rings is 2. The van der Waals surface area contributed by atoms with Gasteiger partial charge in [-0.3, -0.25) is 10.2 Å². The molecule has 0 aliphatic heterocycles. The standard InChI is InChI=1S/C18H21N3O2S/c22-17(23)16(13-15-9-5-2-6-10-15)20-21-18(24)19-12-11-14-7-3-1-4-8-14/h1-10,16,20H,11-13H2,(H,22,23)(H2,19,21,24)/t16-/m0/s1. The monoisotopic (exact) mass is 343 g/mol. The minimum atomic E-state index is -0.932. The van der Waals surface area contributed by atoms with E-state index >= 15 is 0 Å². The summed E-state index contributed by atoms with van der Waals surface area (Å²) in [5.74, 6) is -0.932. The van der Waals surface area contributed by atoms with E-state index in [9.17, 15) is 9.90 Å². The largest absolute Gasteiger partial charge is 0.480 e. The van der Waals surface area contributed by atoms with Gasteiger partial charge >= 0.3 is 5.97 Å². The molecule has 2 rings (SSSR count). The van der Waals surface area contributed by atoms with E-state index in [1.54, 1.807) is 0 Å². The highest BCUT2D eigenvalue weighted by atomic mass is 32.1. The van der Waals surface area contributed by atoms with Crippen molar-refractivity contribution in [1.82, 2.24) is 16.2 Å². The number of carboxylic acids is 1. The van der Waals surface area contributed by atoms with Crippen LogP contribution in [0.2, 0.25) is 0 Å². The van der Waals surface area contributed by atoms with Gasteiger partial charge in [-0.15, -0.1) is 0 Å². The van der Waals surface area contributed by atoms with Crippen LogP contribution in [-0.4, -0.2) is 28.8 Å². The second kappa shape index (κ2) is 9.64. The zero-order chi connectivity index (χ0) is 17.2. The van der Waals surface area contributed by atoms with Gasteiger partial charge in [-0.2, -0.15) is 0 Å². The average Bonchev–Trinajstić information content (AvgIpc) is 2.60. The van der Waals surface area contributed by atoms with E-state index in [1.807, 2.05) is 48.5 Å². The number of carboxylic acid groups (broad SMARTS) is 1. The first-order chi connectivity index (χ1) is 11.6. The Labute approximate surface area is 147 Å². The number of rotatable bonds is 8. The van der Waals surface area contributed by atoms with Crippen LogP contribution >= 0.6 is 12.2 Å². The fraction of sp³-hybridized carbons (Fsp3) is 0.222. The van der Waals surface area contributed by atoms with Gasteiger partial charge in [0.25, 0.3) is 0 Å². The van der Waals surface area contributed by atoms with Crippen molar-refractivity contribution >= 4 is 23.3 Å². The first-order valence-corrected chi connectivity index (χ1v) is 8.16. The summed E-state index contributed by atoms with van der Waals surface area (Å²) in [5, 5.41) is 12.7. The Morgan fingerprint density at radius 1 is 1.00 bits per heavy atom. The lowest BCUT2D eigenvalue weighted by atomic mass is 10.1. The molecule has 4 N–H and O–H groups in total. The smallest absolute Gasteiger partial charge is 0.322 e. The van der Waals surface area contributed by atoms with Gasteiger partial charge in [0.15, 0.2) is 5.11 Å². The van der Waals surface area contributed by atoms with Crippen molar-refractivity contribution < 1.29 is 9.90 Å². The maximum absolute atomic E-state index is 11.3. The van der Waals surface area contributed by atoms with E-state index in [4.69, 9.17) is 12.2 Å². The van der Waals surface area contributed by atoms with E-state index in [0.29, 0.717) is 18.1 Å². The number of hydrogen-bond donors (Lipinski definition) is 4. The minimum absolute atomic E-state index is 0.371. The van der Waals surface area contributed by atoms with Crippen molar-refractivity contribution in [3.8, 4) is 0 Å². The summed E-state index contributed by atoms with van der Waals surface area (Å²) in [7, 11) is 0. The Morgan fingerprint density at radius 3 is 2.17 bits per heavy atom. The minimum Gasteiger partial charge on any atom is -0.480 e. The lowest BCUT2D eigenvalue weighted by Gasteiger charge is -2.17. The molecular weight excluding hydrogens is 322 g/mol. The van der Waals surface area contributed by atoms with Crippen LogP contribution < -0.4 is 16.2 Å². The third-order valence-corrected chi connectivity index (χ3v) is 3.73. The number of thiocarbonyl (C=S) groups is 1. The first-order valence-electron chi connectivity index (χ1n) is 7.75. The Hall–Kier alpha value is -2.44. The maximum atomic E-state index is 11.3. The van der Waals surface area contributed by atoms with E-state index < -0.39 is 12.0 Å². The number of hydrogen-bond acceptors (Lipinski definition) is 3. The van der Waals surface area contributed by atoms with Crippen LogP contribution in [0.25, 0.3) is 0 Å². The molecule has 5 nitrogen and oxygen atoms in total. The first kappa shape index (κ1) is 17.9. The quantitative estimate of drug-likeness (QED) is 0.433. The molecule has 0 saturated heterocycles. The molecule has 0 aliphatic rings. The predicted molar refractivity (Wildman–Crippen MR) is 98.6 cm³/mol. The number of aliphatic carboxylic acids is 1. The van der Waals surface area contributed by atoms with Crippen LogP contribution in [0, 0.1) is 0 Å². The summed E-state index contributed by atoms with van der Waals surface area (Å²) in [5.41, 5.74) is 7.69. The fourth-order valence-corrected chi connectivity index (χ4v) is 2.37. The molecule has 1 atom stereocenters. The van der Waals surface area contributed by atoms with Gasteiger partial charge in [0.1, 0.15) is 6.04 Å². The molecule has 2 aromatic rings. The van der Waals surface area contributed by atoms with E-state index in [0.717, 1.165) is 12.0 Å². The van der Waals surface area contributed by atoms with Gasteiger partial charge < -0.3 is 10.4 Å². The highest BCUT2D eigenvalue weighted by Crippen LogP contribution is 2.03. The van der Waals surface area contributed by atoms with Crippen LogP contribution in [0.4, 0.5) is 0 Å². The molecule has 126 valence electrons. The third-order valence-electron chi connectivity index (χ3n) is 3.48. The zero-order valence-corrected chi connectivity index (χ0v) is 14.1. The Morgan fingerprint density at radius 2 is 1.58 bits per heavy atom. The summed E-state index contributed by atoms with van der Waals surface area (Å²) in [4.78, 5) is 11.3. The predicted octanol–water partition coefficient (Wildman–Crippen LogP) is 1.89. The molecule has 24 heavy (non-hydrogen) atoms. The SMILES string of the molecule is O=C(O)[C@H](Cc1ccccc1)NNC(=S)NCCc1ccccc1.